The van der Waals surface area contributed by atoms with Crippen molar-refractivity contribution in [2.24, 2.45) is 11.3 Å². The minimum atomic E-state index is -0.889. The second-order valence-corrected chi connectivity index (χ2v) is 7.52. The van der Waals surface area contributed by atoms with Crippen LogP contribution >= 0.6 is 0 Å². The maximum Gasteiger partial charge on any atom is 0.166 e. The number of phenols is 1. The van der Waals surface area contributed by atoms with Crippen LogP contribution in [0.15, 0.2) is 53.6 Å². The van der Waals surface area contributed by atoms with E-state index in [9.17, 15) is 14.7 Å². The van der Waals surface area contributed by atoms with E-state index in [1.807, 2.05) is 19.9 Å². The molecule has 1 aromatic rings. The lowest BCUT2D eigenvalue weighted by atomic mass is 9.52. The van der Waals surface area contributed by atoms with Gasteiger partial charge in [-0.05, 0) is 61.6 Å². The van der Waals surface area contributed by atoms with Crippen molar-refractivity contribution in [2.45, 2.75) is 40.0 Å². The standard InChI is InChI=1S/C23H26O4/c1-6-15-8-10-17-21(25)13(3)14(4)22(26)23(17,5)20(15)16-9-11-18(24)19(12-16)27-7-2/h6,8-9,11-12,17,20,24H,1,7,10H2,2-5H3/t17-,20+,23+/m0/s1. The van der Waals surface area contributed by atoms with Gasteiger partial charge in [0.1, 0.15) is 0 Å². The Labute approximate surface area is 160 Å². The zero-order valence-electron chi connectivity index (χ0n) is 16.3. The Balaban J connectivity index is 2.23. The molecule has 0 amide bonds. The van der Waals surface area contributed by atoms with Gasteiger partial charge in [-0.1, -0.05) is 31.7 Å². The first-order valence-electron chi connectivity index (χ1n) is 9.32. The Kier molecular flexibility index (Phi) is 4.85. The molecule has 0 aromatic heterocycles. The van der Waals surface area contributed by atoms with Crippen LogP contribution in [0.3, 0.4) is 0 Å². The Morgan fingerprint density at radius 1 is 1.30 bits per heavy atom. The summed E-state index contributed by atoms with van der Waals surface area (Å²) in [6, 6.07) is 5.15. The second kappa shape index (κ2) is 6.84. The molecule has 2 aliphatic rings. The lowest BCUT2D eigenvalue weighted by Gasteiger charge is -2.48. The molecule has 0 heterocycles. The third-order valence-corrected chi connectivity index (χ3v) is 6.18. The number of carbonyl (C=O) groups excluding carboxylic acids is 2. The fourth-order valence-corrected chi connectivity index (χ4v) is 4.57. The number of aromatic hydroxyl groups is 1. The van der Waals surface area contributed by atoms with E-state index in [4.69, 9.17) is 4.74 Å². The molecule has 3 atom stereocenters. The van der Waals surface area contributed by atoms with Gasteiger partial charge < -0.3 is 9.84 Å². The first-order chi connectivity index (χ1) is 12.8. The Hall–Kier alpha value is -2.62. The Bertz CT molecular complexity index is 890. The van der Waals surface area contributed by atoms with Crippen molar-refractivity contribution in [3.05, 3.63) is 59.2 Å². The number of rotatable bonds is 4. The Morgan fingerprint density at radius 3 is 2.63 bits per heavy atom. The molecule has 1 N–H and O–H groups in total. The first kappa shape index (κ1) is 19.2. The van der Waals surface area contributed by atoms with Gasteiger partial charge in [-0.25, -0.2) is 0 Å². The molecule has 4 heteroatoms. The van der Waals surface area contributed by atoms with Crippen LogP contribution in [0.25, 0.3) is 0 Å². The number of phenolic OH excluding ortho intramolecular Hbond substituents is 1. The average molecular weight is 366 g/mol. The summed E-state index contributed by atoms with van der Waals surface area (Å²) in [5, 5.41) is 10.1. The molecule has 3 rings (SSSR count). The molecule has 27 heavy (non-hydrogen) atoms. The first-order valence-corrected chi connectivity index (χ1v) is 9.32. The number of allylic oxidation sites excluding steroid dienone is 5. The smallest absolute Gasteiger partial charge is 0.166 e. The van der Waals surface area contributed by atoms with Crippen LogP contribution < -0.4 is 4.74 Å². The van der Waals surface area contributed by atoms with Crippen molar-refractivity contribution in [1.29, 1.82) is 0 Å². The van der Waals surface area contributed by atoms with Crippen molar-refractivity contribution in [3.63, 3.8) is 0 Å². The van der Waals surface area contributed by atoms with Crippen molar-refractivity contribution in [3.8, 4) is 11.5 Å². The van der Waals surface area contributed by atoms with Gasteiger partial charge in [0.2, 0.25) is 0 Å². The summed E-state index contributed by atoms with van der Waals surface area (Å²) in [7, 11) is 0. The molecule has 0 unspecified atom stereocenters. The van der Waals surface area contributed by atoms with Crippen molar-refractivity contribution >= 4 is 11.6 Å². The molecule has 0 spiro atoms. The van der Waals surface area contributed by atoms with E-state index in [-0.39, 0.29) is 23.2 Å². The van der Waals surface area contributed by atoms with Crippen molar-refractivity contribution < 1.29 is 19.4 Å². The molecule has 142 valence electrons. The normalized spacial score (nSPS) is 27.9. The largest absolute Gasteiger partial charge is 0.504 e. The van der Waals surface area contributed by atoms with Gasteiger partial charge in [-0.3, -0.25) is 9.59 Å². The maximum atomic E-state index is 13.4. The summed E-state index contributed by atoms with van der Waals surface area (Å²) in [4.78, 5) is 26.4. The Morgan fingerprint density at radius 2 is 2.00 bits per heavy atom. The lowest BCUT2D eigenvalue weighted by molar-refractivity contribution is -0.138. The second-order valence-electron chi connectivity index (χ2n) is 7.52. The molecule has 1 aromatic carbocycles. The van der Waals surface area contributed by atoms with Crippen LogP contribution in [0.5, 0.6) is 11.5 Å². The highest BCUT2D eigenvalue weighted by molar-refractivity contribution is 6.15. The fourth-order valence-electron chi connectivity index (χ4n) is 4.57. The van der Waals surface area contributed by atoms with E-state index in [1.165, 1.54) is 0 Å². The SMILES string of the molecule is C=CC1=CC[C@H]2C(=O)C(C)=C(C)C(=O)[C@@]2(C)[C@H]1c1ccc(O)c(OCC)c1. The summed E-state index contributed by atoms with van der Waals surface area (Å²) in [6.07, 6.45) is 4.30. The van der Waals surface area contributed by atoms with Gasteiger partial charge in [0, 0.05) is 11.8 Å². The van der Waals surface area contributed by atoms with Gasteiger partial charge in [-0.2, -0.15) is 0 Å². The van der Waals surface area contributed by atoms with Crippen molar-refractivity contribution in [1.82, 2.24) is 0 Å². The molecule has 0 radical (unpaired) electrons. The van der Waals surface area contributed by atoms with Crippen LogP contribution in [0, 0.1) is 11.3 Å². The maximum absolute atomic E-state index is 13.4. The number of Topliss-reactive ketones (excluding diaryl/α,β-unsaturated/α-hetero) is 2. The summed E-state index contributed by atoms with van der Waals surface area (Å²) < 4.78 is 5.54. The third-order valence-electron chi connectivity index (χ3n) is 6.18. The number of ether oxygens (including phenoxy) is 1. The zero-order valence-corrected chi connectivity index (χ0v) is 16.3. The van der Waals surface area contributed by atoms with Crippen LogP contribution in [0.1, 0.15) is 45.6 Å². The minimum Gasteiger partial charge on any atom is -0.504 e. The van der Waals surface area contributed by atoms with Crippen LogP contribution in [0.2, 0.25) is 0 Å². The molecular formula is C23H26O4. The number of fused-ring (bicyclic) bond motifs is 1. The molecule has 0 saturated carbocycles. The highest BCUT2D eigenvalue weighted by Crippen LogP contribution is 2.56. The highest BCUT2D eigenvalue weighted by atomic mass is 16.5. The van der Waals surface area contributed by atoms with Gasteiger partial charge in [0.15, 0.2) is 23.1 Å². The molecule has 0 bridgehead atoms. The molecule has 4 nitrogen and oxygen atoms in total. The van der Waals surface area contributed by atoms with Crippen LogP contribution in [-0.4, -0.2) is 23.3 Å². The lowest BCUT2D eigenvalue weighted by Crippen LogP contribution is -2.50. The summed E-state index contributed by atoms with van der Waals surface area (Å²) in [5.74, 6) is -0.238. The monoisotopic (exact) mass is 366 g/mol. The third kappa shape index (κ3) is 2.75. The van der Waals surface area contributed by atoms with E-state index in [2.05, 4.69) is 6.58 Å². The number of carbonyl (C=O) groups is 2. The number of hydrogen-bond donors (Lipinski definition) is 1. The summed E-state index contributed by atoms with van der Waals surface area (Å²) in [6.45, 7) is 11.6. The topological polar surface area (TPSA) is 63.6 Å². The van der Waals surface area contributed by atoms with Gasteiger partial charge in [0.25, 0.3) is 0 Å². The van der Waals surface area contributed by atoms with Crippen molar-refractivity contribution in [2.75, 3.05) is 6.61 Å². The van der Waals surface area contributed by atoms with Gasteiger partial charge >= 0.3 is 0 Å². The van der Waals surface area contributed by atoms with E-state index in [1.54, 1.807) is 38.1 Å². The van der Waals surface area contributed by atoms with Gasteiger partial charge in [0.05, 0.1) is 12.0 Å². The molecule has 0 fully saturated rings. The predicted molar refractivity (Wildman–Crippen MR) is 105 cm³/mol. The number of ketones is 2. The quantitative estimate of drug-likeness (QED) is 0.852. The van der Waals surface area contributed by atoms with E-state index < -0.39 is 11.3 Å². The molecule has 0 aliphatic heterocycles. The molecule has 2 aliphatic carbocycles. The molecular weight excluding hydrogens is 340 g/mol. The summed E-state index contributed by atoms with van der Waals surface area (Å²) >= 11 is 0. The predicted octanol–water partition coefficient (Wildman–Crippen LogP) is 4.50. The van der Waals surface area contributed by atoms with E-state index >= 15 is 0 Å². The van der Waals surface area contributed by atoms with Crippen LogP contribution in [-0.2, 0) is 9.59 Å². The zero-order chi connectivity index (χ0) is 19.9. The van der Waals surface area contributed by atoms with Crippen LogP contribution in [0.4, 0.5) is 0 Å². The van der Waals surface area contributed by atoms with Gasteiger partial charge in [-0.15, -0.1) is 0 Å². The van der Waals surface area contributed by atoms with E-state index in [0.29, 0.717) is 29.9 Å². The minimum absolute atomic E-state index is 0.00749. The summed E-state index contributed by atoms with van der Waals surface area (Å²) in [5.41, 5.74) is 1.98. The van der Waals surface area contributed by atoms with E-state index in [0.717, 1.165) is 11.1 Å². The average Bonchev–Trinajstić information content (AvgIpc) is 2.66. The fraction of sp³-hybridized carbons (Fsp3) is 0.391. The molecule has 0 saturated heterocycles. The highest BCUT2D eigenvalue weighted by Gasteiger charge is 2.56. The number of benzene rings is 1. The number of hydrogen-bond acceptors (Lipinski definition) is 4.